The summed E-state index contributed by atoms with van der Waals surface area (Å²) in [4.78, 5) is 29.1. The maximum Gasteiger partial charge on any atom is 0.243 e. The first-order valence-corrected chi connectivity index (χ1v) is 4.67. The van der Waals surface area contributed by atoms with E-state index in [1.807, 2.05) is 0 Å². The van der Waals surface area contributed by atoms with Crippen molar-refractivity contribution in [1.82, 2.24) is 0 Å². The maximum absolute atomic E-state index is 9.88. The SMILES string of the molecule is C=C(C)C(N)=O.CC(=O)CCO.CC(C)=O. The van der Waals surface area contributed by atoms with Crippen LogP contribution in [0.15, 0.2) is 12.2 Å². The van der Waals surface area contributed by atoms with Gasteiger partial charge in [-0.25, -0.2) is 0 Å². The largest absolute Gasteiger partial charge is 0.396 e. The van der Waals surface area contributed by atoms with Gasteiger partial charge in [0.05, 0.1) is 0 Å². The van der Waals surface area contributed by atoms with Gasteiger partial charge in [0.25, 0.3) is 0 Å². The summed E-state index contributed by atoms with van der Waals surface area (Å²) in [5.74, 6) is -0.229. The van der Waals surface area contributed by atoms with Crippen molar-refractivity contribution in [1.29, 1.82) is 0 Å². The highest BCUT2D eigenvalue weighted by molar-refractivity contribution is 5.90. The van der Waals surface area contributed by atoms with E-state index < -0.39 is 5.91 Å². The topological polar surface area (TPSA) is 97.5 Å². The molecule has 0 rings (SSSR count). The zero-order chi connectivity index (χ0) is 13.7. The number of primary amides is 1. The van der Waals surface area contributed by atoms with Crippen LogP contribution in [0.5, 0.6) is 0 Å². The van der Waals surface area contributed by atoms with Crippen molar-refractivity contribution < 1.29 is 19.5 Å². The van der Waals surface area contributed by atoms with Crippen molar-refractivity contribution in [2.24, 2.45) is 5.73 Å². The van der Waals surface area contributed by atoms with E-state index in [-0.39, 0.29) is 18.2 Å². The van der Waals surface area contributed by atoms with Gasteiger partial charge in [0.2, 0.25) is 5.91 Å². The van der Waals surface area contributed by atoms with Gasteiger partial charge in [-0.15, -0.1) is 0 Å². The highest BCUT2D eigenvalue weighted by atomic mass is 16.3. The molecule has 0 unspecified atom stereocenters. The van der Waals surface area contributed by atoms with Crippen LogP contribution >= 0.6 is 0 Å². The second-order valence-electron chi connectivity index (χ2n) is 3.23. The zero-order valence-corrected chi connectivity index (χ0v) is 10.4. The predicted molar refractivity (Wildman–Crippen MR) is 62.7 cm³/mol. The second-order valence-corrected chi connectivity index (χ2v) is 3.23. The van der Waals surface area contributed by atoms with Crippen molar-refractivity contribution in [2.45, 2.75) is 34.1 Å². The summed E-state index contributed by atoms with van der Waals surface area (Å²) in [6, 6.07) is 0. The van der Waals surface area contributed by atoms with Crippen LogP contribution < -0.4 is 5.73 Å². The lowest BCUT2D eigenvalue weighted by atomic mass is 10.3. The van der Waals surface area contributed by atoms with Gasteiger partial charge in [-0.05, 0) is 27.7 Å². The van der Waals surface area contributed by atoms with Crippen molar-refractivity contribution in [3.8, 4) is 0 Å². The molecule has 3 N–H and O–H groups in total. The fraction of sp³-hybridized carbons (Fsp3) is 0.545. The van der Waals surface area contributed by atoms with Gasteiger partial charge >= 0.3 is 0 Å². The fourth-order valence-corrected chi connectivity index (χ4v) is 0.157. The third kappa shape index (κ3) is 54.6. The Morgan fingerprint density at radius 3 is 1.38 bits per heavy atom. The number of ketones is 2. The predicted octanol–water partition coefficient (Wildman–Crippen LogP) is 0.601. The number of aliphatic hydroxyl groups is 1. The minimum Gasteiger partial charge on any atom is -0.396 e. The molecule has 0 aliphatic carbocycles. The molecule has 0 saturated carbocycles. The molecule has 0 bridgehead atoms. The van der Waals surface area contributed by atoms with Crippen molar-refractivity contribution >= 4 is 17.5 Å². The molecule has 94 valence electrons. The van der Waals surface area contributed by atoms with E-state index in [2.05, 4.69) is 6.58 Å². The number of carbonyl (C=O) groups excluding carboxylic acids is 3. The molecule has 0 heterocycles. The highest BCUT2D eigenvalue weighted by Gasteiger charge is 1.86. The van der Waals surface area contributed by atoms with E-state index in [1.54, 1.807) is 6.92 Å². The number of hydrogen-bond donors (Lipinski definition) is 2. The van der Waals surface area contributed by atoms with Crippen molar-refractivity contribution in [3.63, 3.8) is 0 Å². The Hall–Kier alpha value is -1.49. The summed E-state index contributed by atoms with van der Waals surface area (Å²) in [6.45, 7) is 9.34. The van der Waals surface area contributed by atoms with Gasteiger partial charge in [0.1, 0.15) is 11.6 Å². The summed E-state index contributed by atoms with van der Waals surface area (Å²) in [7, 11) is 0. The molecular formula is C11H21NO4. The summed E-state index contributed by atoms with van der Waals surface area (Å²) in [5, 5.41) is 8.02. The maximum atomic E-state index is 9.88. The molecule has 5 heteroatoms. The van der Waals surface area contributed by atoms with Crippen LogP contribution in [0.25, 0.3) is 0 Å². The molecule has 0 aliphatic rings. The van der Waals surface area contributed by atoms with Crippen LogP contribution in [0.4, 0.5) is 0 Å². The van der Waals surface area contributed by atoms with Crippen LogP contribution in [0.1, 0.15) is 34.1 Å². The van der Waals surface area contributed by atoms with Crippen LogP contribution in [0.3, 0.4) is 0 Å². The molecule has 1 amide bonds. The lowest BCUT2D eigenvalue weighted by Gasteiger charge is -1.81. The van der Waals surface area contributed by atoms with Gasteiger partial charge < -0.3 is 15.6 Å². The molecule has 0 aromatic rings. The summed E-state index contributed by atoms with van der Waals surface area (Å²) in [6.07, 6.45) is 0.292. The Bertz CT molecular complexity index is 230. The van der Waals surface area contributed by atoms with Crippen LogP contribution in [0.2, 0.25) is 0 Å². The number of hydrogen-bond acceptors (Lipinski definition) is 4. The third-order valence-electron chi connectivity index (χ3n) is 0.884. The Labute approximate surface area is 96.3 Å². The number of nitrogens with two attached hydrogens (primary N) is 1. The van der Waals surface area contributed by atoms with Gasteiger partial charge in [-0.3, -0.25) is 9.59 Å². The Balaban J connectivity index is -0.000000162. The van der Waals surface area contributed by atoms with Crippen LogP contribution in [-0.2, 0) is 14.4 Å². The summed E-state index contributed by atoms with van der Waals surface area (Å²) >= 11 is 0. The second kappa shape index (κ2) is 13.5. The molecule has 16 heavy (non-hydrogen) atoms. The first-order valence-electron chi connectivity index (χ1n) is 4.67. The summed E-state index contributed by atoms with van der Waals surface area (Å²) < 4.78 is 0. The fourth-order valence-electron chi connectivity index (χ4n) is 0.157. The zero-order valence-electron chi connectivity index (χ0n) is 10.4. The lowest BCUT2D eigenvalue weighted by Crippen LogP contribution is -2.10. The number of aliphatic hydroxyl groups excluding tert-OH is 1. The van der Waals surface area contributed by atoms with E-state index in [1.165, 1.54) is 20.8 Å². The molecule has 0 fully saturated rings. The molecule has 0 aromatic carbocycles. The molecular weight excluding hydrogens is 210 g/mol. The number of Topliss-reactive ketones (excluding diaryl/α,β-unsaturated/α-hetero) is 2. The molecule has 0 radical (unpaired) electrons. The third-order valence-corrected chi connectivity index (χ3v) is 0.884. The quantitative estimate of drug-likeness (QED) is 0.695. The van der Waals surface area contributed by atoms with E-state index in [4.69, 9.17) is 10.8 Å². The first-order chi connectivity index (χ1) is 7.14. The average molecular weight is 231 g/mol. The normalized spacial score (nSPS) is 7.56. The van der Waals surface area contributed by atoms with Gasteiger partial charge in [0, 0.05) is 18.6 Å². The van der Waals surface area contributed by atoms with Crippen molar-refractivity contribution in [3.05, 3.63) is 12.2 Å². The van der Waals surface area contributed by atoms with E-state index in [0.717, 1.165) is 0 Å². The van der Waals surface area contributed by atoms with E-state index >= 15 is 0 Å². The Kier molecular flexibility index (Phi) is 16.9. The molecule has 5 nitrogen and oxygen atoms in total. The molecule has 0 atom stereocenters. The smallest absolute Gasteiger partial charge is 0.243 e. The lowest BCUT2D eigenvalue weighted by molar-refractivity contribution is -0.117. The molecule has 0 aromatic heterocycles. The Morgan fingerprint density at radius 2 is 1.38 bits per heavy atom. The van der Waals surface area contributed by atoms with Crippen molar-refractivity contribution in [2.75, 3.05) is 6.61 Å². The van der Waals surface area contributed by atoms with Crippen LogP contribution in [-0.4, -0.2) is 29.2 Å². The standard InChI is InChI=1S/C4H7NO.C4H8O2.C3H6O/c1-3(2)4(5)6;1-4(6)2-3-5;1-3(2)4/h1H2,2H3,(H2,5,6);5H,2-3H2,1H3;1-2H3. The minimum atomic E-state index is -0.435. The Morgan fingerprint density at radius 1 is 1.12 bits per heavy atom. The minimum absolute atomic E-state index is 0.0185. The molecule has 0 saturated heterocycles. The van der Waals surface area contributed by atoms with Gasteiger partial charge in [-0.2, -0.15) is 0 Å². The van der Waals surface area contributed by atoms with E-state index in [0.29, 0.717) is 12.0 Å². The molecule has 0 aliphatic heterocycles. The number of amides is 1. The number of rotatable bonds is 3. The molecule has 0 spiro atoms. The highest BCUT2D eigenvalue weighted by Crippen LogP contribution is 1.78. The van der Waals surface area contributed by atoms with Crippen LogP contribution in [0, 0.1) is 0 Å². The average Bonchev–Trinajstić information content (AvgIpc) is 2.03. The first kappa shape index (κ1) is 20.0. The summed E-state index contributed by atoms with van der Waals surface area (Å²) in [5.41, 5.74) is 5.09. The van der Waals surface area contributed by atoms with Gasteiger partial charge in [-0.1, -0.05) is 6.58 Å². The number of carbonyl (C=O) groups is 3. The monoisotopic (exact) mass is 231 g/mol. The van der Waals surface area contributed by atoms with E-state index in [9.17, 15) is 14.4 Å². The van der Waals surface area contributed by atoms with Gasteiger partial charge in [0.15, 0.2) is 0 Å².